The highest BCUT2D eigenvalue weighted by molar-refractivity contribution is 5.81. The van der Waals surface area contributed by atoms with Gasteiger partial charge in [-0.3, -0.25) is 9.20 Å². The summed E-state index contributed by atoms with van der Waals surface area (Å²) >= 11 is 0. The zero-order valence-corrected chi connectivity index (χ0v) is 17.5. The summed E-state index contributed by atoms with van der Waals surface area (Å²) in [6.45, 7) is 2.78. The minimum atomic E-state index is -0.254. The number of halogens is 1. The molecule has 10 nitrogen and oxygen atoms in total. The van der Waals surface area contributed by atoms with Crippen molar-refractivity contribution in [3.05, 3.63) is 59.4 Å². The first-order valence-corrected chi connectivity index (χ1v) is 10.2. The molecule has 1 atom stereocenters. The zero-order chi connectivity index (χ0) is 22.9. The highest BCUT2D eigenvalue weighted by Crippen LogP contribution is 2.41. The van der Waals surface area contributed by atoms with Crippen molar-refractivity contribution in [1.82, 2.24) is 24.8 Å². The summed E-state index contributed by atoms with van der Waals surface area (Å²) in [6, 6.07) is 7.00. The van der Waals surface area contributed by atoms with Gasteiger partial charge in [0.25, 0.3) is 6.47 Å². The van der Waals surface area contributed by atoms with E-state index in [4.69, 9.17) is 19.4 Å². The summed E-state index contributed by atoms with van der Waals surface area (Å²) in [7, 11) is 0. The van der Waals surface area contributed by atoms with Crippen molar-refractivity contribution in [2.75, 3.05) is 18.5 Å². The van der Waals surface area contributed by atoms with Gasteiger partial charge in [-0.1, -0.05) is 0 Å². The second-order valence-electron chi connectivity index (χ2n) is 7.60. The van der Waals surface area contributed by atoms with Crippen LogP contribution in [0.1, 0.15) is 22.7 Å². The van der Waals surface area contributed by atoms with E-state index in [0.29, 0.717) is 42.5 Å². The van der Waals surface area contributed by atoms with Crippen molar-refractivity contribution in [2.24, 2.45) is 0 Å². The molecule has 6 rings (SSSR count). The smallest absolute Gasteiger partial charge is 0.290 e. The van der Waals surface area contributed by atoms with Crippen LogP contribution < -0.4 is 14.8 Å². The Kier molecular flexibility index (Phi) is 5.21. The maximum Gasteiger partial charge on any atom is 0.290 e. The summed E-state index contributed by atoms with van der Waals surface area (Å²) in [5.74, 6) is 1.74. The molecule has 0 fully saturated rings. The first kappa shape index (κ1) is 20.6. The average molecular weight is 450 g/mol. The second-order valence-corrected chi connectivity index (χ2v) is 7.60. The first-order chi connectivity index (χ1) is 16.1. The number of benzene rings is 1. The molecule has 0 aliphatic carbocycles. The molecular formula is C22H19FN6O4. The van der Waals surface area contributed by atoms with E-state index < -0.39 is 0 Å². The number of carbonyl (C=O) groups is 1. The highest BCUT2D eigenvalue weighted by atomic mass is 19.1. The molecule has 0 saturated heterocycles. The van der Waals surface area contributed by atoms with Crippen LogP contribution in [-0.2, 0) is 11.3 Å². The maximum absolute atomic E-state index is 14.7. The summed E-state index contributed by atoms with van der Waals surface area (Å²) in [5, 5.41) is 26.7. The van der Waals surface area contributed by atoms with E-state index in [9.17, 15) is 4.39 Å². The van der Waals surface area contributed by atoms with Gasteiger partial charge in [-0.2, -0.15) is 10.2 Å². The van der Waals surface area contributed by atoms with Gasteiger partial charge in [0.15, 0.2) is 17.2 Å². The van der Waals surface area contributed by atoms with Crippen LogP contribution in [0.5, 0.6) is 11.5 Å². The third-order valence-electron chi connectivity index (χ3n) is 5.61. The lowest BCUT2D eigenvalue weighted by atomic mass is 9.96. The Hall–Kier alpha value is -4.28. The summed E-state index contributed by atoms with van der Waals surface area (Å²) in [4.78, 5) is 8.36. The maximum atomic E-state index is 14.7. The van der Waals surface area contributed by atoms with Crippen LogP contribution in [0.3, 0.4) is 0 Å². The molecule has 0 unspecified atom stereocenters. The number of hydrogen-bond acceptors (Lipinski definition) is 8. The topological polar surface area (TPSA) is 124 Å². The molecule has 3 aromatic heterocycles. The third-order valence-corrected chi connectivity index (χ3v) is 5.61. The van der Waals surface area contributed by atoms with Crippen LogP contribution in [0.2, 0.25) is 0 Å². The van der Waals surface area contributed by atoms with Crippen LogP contribution >= 0.6 is 0 Å². The average Bonchev–Trinajstić information content (AvgIpc) is 3.45. The number of rotatable bonds is 1. The molecular weight excluding hydrogens is 431 g/mol. The van der Waals surface area contributed by atoms with Crippen molar-refractivity contribution in [1.29, 1.82) is 0 Å². The molecule has 11 heteroatoms. The molecule has 0 radical (unpaired) electrons. The zero-order valence-electron chi connectivity index (χ0n) is 17.5. The van der Waals surface area contributed by atoms with E-state index in [1.807, 2.05) is 23.5 Å². The van der Waals surface area contributed by atoms with Crippen molar-refractivity contribution < 1.29 is 23.8 Å². The molecule has 4 aromatic rings. The molecule has 33 heavy (non-hydrogen) atoms. The molecule has 0 spiro atoms. The van der Waals surface area contributed by atoms with Gasteiger partial charge in [-0.25, -0.2) is 4.39 Å². The predicted molar refractivity (Wildman–Crippen MR) is 115 cm³/mol. The highest BCUT2D eigenvalue weighted by Gasteiger charge is 2.31. The molecule has 2 aliphatic heterocycles. The quantitative estimate of drug-likeness (QED) is 0.421. The third kappa shape index (κ3) is 3.56. The summed E-state index contributed by atoms with van der Waals surface area (Å²) in [6.07, 6.45) is 3.31. The summed E-state index contributed by atoms with van der Waals surface area (Å²) < 4.78 is 28.5. The Bertz CT molecular complexity index is 1360. The number of anilines is 1. The molecule has 1 aromatic carbocycles. The van der Waals surface area contributed by atoms with Gasteiger partial charge < -0.3 is 19.9 Å². The van der Waals surface area contributed by atoms with Crippen LogP contribution in [0, 0.1) is 12.7 Å². The molecule has 0 saturated carbocycles. The van der Waals surface area contributed by atoms with Gasteiger partial charge in [-0.15, -0.1) is 10.2 Å². The standard InChI is InChI=1S/C21H17FN6O2.CH2O2/c1-11-4-12(6-24-26-11)14-5-18-21(28-10-25-27-20(14)28)23-7-15-16(22)2-3-17-19(15)13(8-29-17)9-30-18;2-1-3/h2-6,10,13,23H,7-9H2,1H3;1H,(H,2,3)/t13-;/m1./s1. The Labute approximate surface area is 187 Å². The number of fused-ring (bicyclic) bond motifs is 3. The minimum absolute atomic E-state index is 0.0386. The second kappa shape index (κ2) is 8.34. The lowest BCUT2D eigenvalue weighted by Gasteiger charge is -2.16. The number of carboxylic acid groups (broad SMARTS) is 1. The molecule has 5 heterocycles. The summed E-state index contributed by atoms with van der Waals surface area (Å²) in [5.41, 5.74) is 4.63. The largest absolute Gasteiger partial charge is 0.493 e. The molecule has 2 aliphatic rings. The van der Waals surface area contributed by atoms with E-state index in [1.165, 1.54) is 6.07 Å². The Morgan fingerprint density at radius 3 is 2.76 bits per heavy atom. The van der Waals surface area contributed by atoms with Crippen LogP contribution in [0.4, 0.5) is 10.2 Å². The lowest BCUT2D eigenvalue weighted by Crippen LogP contribution is -2.13. The molecule has 0 amide bonds. The lowest BCUT2D eigenvalue weighted by molar-refractivity contribution is -0.122. The minimum Gasteiger partial charge on any atom is -0.493 e. The fraction of sp³-hybridized carbons (Fsp3) is 0.227. The fourth-order valence-electron chi connectivity index (χ4n) is 4.22. The van der Waals surface area contributed by atoms with E-state index in [0.717, 1.165) is 28.1 Å². The van der Waals surface area contributed by atoms with Crippen LogP contribution in [0.25, 0.3) is 16.8 Å². The number of ether oxygens (including phenoxy) is 2. The number of pyridine rings is 1. The van der Waals surface area contributed by atoms with Gasteiger partial charge in [0.2, 0.25) is 0 Å². The SMILES string of the molecule is Cc1cc(-c2cc3c(n4cnnc24)NCc2c(F)ccc4c2[C@H](CO4)CO3)cnn1.O=CO. The van der Waals surface area contributed by atoms with E-state index in [-0.39, 0.29) is 18.2 Å². The Morgan fingerprint density at radius 1 is 1.18 bits per heavy atom. The fourth-order valence-corrected chi connectivity index (χ4v) is 4.22. The van der Waals surface area contributed by atoms with Gasteiger partial charge in [0.05, 0.1) is 31.0 Å². The number of nitrogens with one attached hydrogen (secondary N) is 1. The molecule has 2 N–H and O–H groups in total. The van der Waals surface area contributed by atoms with Crippen molar-refractivity contribution in [3.63, 3.8) is 0 Å². The van der Waals surface area contributed by atoms with Gasteiger partial charge in [0, 0.05) is 28.8 Å². The van der Waals surface area contributed by atoms with Gasteiger partial charge in [0.1, 0.15) is 17.9 Å². The number of aryl methyl sites for hydroxylation is 1. The number of nitrogens with zero attached hydrogens (tertiary/aromatic N) is 5. The van der Waals surface area contributed by atoms with E-state index in [2.05, 4.69) is 25.7 Å². The van der Waals surface area contributed by atoms with Crippen molar-refractivity contribution in [2.45, 2.75) is 19.4 Å². The van der Waals surface area contributed by atoms with E-state index >= 15 is 0 Å². The van der Waals surface area contributed by atoms with Crippen molar-refractivity contribution >= 4 is 17.9 Å². The monoisotopic (exact) mass is 450 g/mol. The van der Waals surface area contributed by atoms with Gasteiger partial charge in [-0.05, 0) is 31.2 Å². The Balaban J connectivity index is 0.000000724. The van der Waals surface area contributed by atoms with Crippen LogP contribution in [0.15, 0.2) is 36.8 Å². The normalized spacial score (nSPS) is 15.9. The van der Waals surface area contributed by atoms with E-state index in [1.54, 1.807) is 18.6 Å². The molecule has 0 bridgehead atoms. The van der Waals surface area contributed by atoms with Crippen molar-refractivity contribution in [3.8, 4) is 22.6 Å². The number of aromatic nitrogens is 5. The first-order valence-electron chi connectivity index (χ1n) is 10.2. The number of hydrogen-bond donors (Lipinski definition) is 2. The van der Waals surface area contributed by atoms with Crippen LogP contribution in [-0.4, -0.2) is 49.6 Å². The Morgan fingerprint density at radius 2 is 1.97 bits per heavy atom. The molecule has 168 valence electrons. The predicted octanol–water partition coefficient (Wildman–Crippen LogP) is 2.82. The van der Waals surface area contributed by atoms with Gasteiger partial charge >= 0.3 is 0 Å².